The first kappa shape index (κ1) is 8.96. The molecule has 0 radical (unpaired) electrons. The van der Waals surface area contributed by atoms with Crippen LogP contribution in [-0.2, 0) is 27.1 Å². The first-order chi connectivity index (χ1) is 2.00. The quantitative estimate of drug-likeness (QED) is 0.527. The Hall–Kier alpha value is 1.21. The van der Waals surface area contributed by atoms with Crippen LogP contribution in [0.1, 0.15) is 0 Å². The average molecular weight is 256 g/mol. The van der Waals surface area contributed by atoms with Crippen molar-refractivity contribution in [1.29, 1.82) is 0 Å². The SMILES string of the molecule is [O]=[Ag].[O]=[InH]. The molecular formula is HAgInO2. The van der Waals surface area contributed by atoms with E-state index in [1.54, 1.807) is 21.0 Å². The molecule has 0 saturated heterocycles. The molecular weight excluding hydrogens is 255 g/mol. The van der Waals surface area contributed by atoms with Gasteiger partial charge < -0.3 is 0 Å². The van der Waals surface area contributed by atoms with Gasteiger partial charge in [0.1, 0.15) is 0 Å². The van der Waals surface area contributed by atoms with E-state index in [1.165, 1.54) is 0 Å². The van der Waals surface area contributed by atoms with Crippen LogP contribution >= 0.6 is 0 Å². The fourth-order valence-corrected chi connectivity index (χ4v) is 0. The Morgan fingerprint density at radius 3 is 1.25 bits per heavy atom. The molecule has 0 aliphatic rings. The fraction of sp³-hybridized carbons (Fsp3) is 0. The van der Waals surface area contributed by atoms with Crippen molar-refractivity contribution >= 4 is 24.4 Å². The maximum atomic E-state index is 8.42. The molecule has 0 aromatic rings. The second-order valence-corrected chi connectivity index (χ2v) is 0. The zero-order valence-electron chi connectivity index (χ0n) is 1.83. The van der Waals surface area contributed by atoms with Gasteiger partial charge in [0.25, 0.3) is 0 Å². The van der Waals surface area contributed by atoms with E-state index in [2.05, 4.69) is 0 Å². The topological polar surface area (TPSA) is 34.1 Å². The summed E-state index contributed by atoms with van der Waals surface area (Å²) in [7, 11) is 0. The van der Waals surface area contributed by atoms with Gasteiger partial charge in [-0.1, -0.05) is 0 Å². The summed E-state index contributed by atoms with van der Waals surface area (Å²) in [6.45, 7) is 0. The molecule has 0 spiro atoms. The molecule has 4 heteroatoms. The molecule has 0 aromatic carbocycles. The van der Waals surface area contributed by atoms with Crippen LogP contribution < -0.4 is 0 Å². The Labute approximate surface area is 51.2 Å². The first-order valence-electron chi connectivity index (χ1n) is 0.412. The molecule has 4 heavy (non-hydrogen) atoms. The Balaban J connectivity index is 0. The van der Waals surface area contributed by atoms with E-state index in [4.69, 9.17) is 6.10 Å². The summed E-state index contributed by atoms with van der Waals surface area (Å²) >= 11 is 1.60. The molecule has 0 unspecified atom stereocenters. The molecule has 27 valence electrons. The average Bonchev–Trinajstić information content (AvgIpc) is 1.50. The van der Waals surface area contributed by atoms with E-state index in [0.717, 1.165) is 0 Å². The van der Waals surface area contributed by atoms with Crippen molar-refractivity contribution in [1.82, 2.24) is 0 Å². The van der Waals surface area contributed by atoms with Crippen molar-refractivity contribution in [2.45, 2.75) is 0 Å². The molecule has 2 nitrogen and oxygen atoms in total. The third kappa shape index (κ3) is 10.7. The van der Waals surface area contributed by atoms with E-state index in [1.807, 2.05) is 0 Å². The Morgan fingerprint density at radius 2 is 1.25 bits per heavy atom. The molecule has 0 aliphatic carbocycles. The van der Waals surface area contributed by atoms with E-state index >= 15 is 0 Å². The molecule has 0 saturated carbocycles. The Morgan fingerprint density at radius 1 is 1.25 bits per heavy atom. The van der Waals surface area contributed by atoms with Crippen LogP contribution in [0.25, 0.3) is 0 Å². The third-order valence-electron chi connectivity index (χ3n) is 0. The third-order valence-corrected chi connectivity index (χ3v) is 0. The zero-order chi connectivity index (χ0) is 4.00. The normalized spacial score (nSPS) is 2.25. The number of rotatable bonds is 0. The molecule has 0 aliphatic heterocycles. The van der Waals surface area contributed by atoms with Crippen LogP contribution in [0.2, 0.25) is 0 Å². The van der Waals surface area contributed by atoms with Gasteiger partial charge in [0.05, 0.1) is 0 Å². The predicted octanol–water partition coefficient (Wildman–Crippen LogP) is -0.889. The van der Waals surface area contributed by atoms with Gasteiger partial charge in [-0.15, -0.1) is 0 Å². The number of hydrogen-bond donors (Lipinski definition) is 0. The molecule has 0 rings (SSSR count). The van der Waals surface area contributed by atoms with Crippen LogP contribution in [0, 0.1) is 0 Å². The van der Waals surface area contributed by atoms with Crippen molar-refractivity contribution in [3.8, 4) is 0 Å². The van der Waals surface area contributed by atoms with Gasteiger partial charge in [-0.25, -0.2) is 0 Å². The molecule has 0 atom stereocenters. The van der Waals surface area contributed by atoms with Gasteiger partial charge in [-0.05, 0) is 0 Å². The van der Waals surface area contributed by atoms with Gasteiger partial charge in [0.2, 0.25) is 0 Å². The van der Waals surface area contributed by atoms with Crippen LogP contribution in [-0.4, -0.2) is 24.4 Å². The van der Waals surface area contributed by atoms with Gasteiger partial charge in [-0.2, -0.15) is 0 Å². The van der Waals surface area contributed by atoms with E-state index in [9.17, 15) is 0 Å². The zero-order valence-corrected chi connectivity index (χ0v) is 7.34. The molecule has 0 bridgehead atoms. The summed E-state index contributed by atoms with van der Waals surface area (Å²) in [5.41, 5.74) is 0. The van der Waals surface area contributed by atoms with Gasteiger partial charge >= 0.3 is 51.5 Å². The van der Waals surface area contributed by atoms with Gasteiger partial charge in [0, 0.05) is 0 Å². The Bertz CT molecular complexity index is 8.00. The molecule has 0 fully saturated rings. The summed E-state index contributed by atoms with van der Waals surface area (Å²) < 4.78 is 16.5. The van der Waals surface area contributed by atoms with Crippen LogP contribution in [0.5, 0.6) is 0 Å². The van der Waals surface area contributed by atoms with Gasteiger partial charge in [0.15, 0.2) is 0 Å². The van der Waals surface area contributed by atoms with E-state index in [-0.39, 0.29) is 24.4 Å². The second-order valence-electron chi connectivity index (χ2n) is 0. The predicted molar refractivity (Wildman–Crippen MR) is 8.52 cm³/mol. The summed E-state index contributed by atoms with van der Waals surface area (Å²) in [4.78, 5) is 0. The minimum atomic E-state index is -0.1000. The molecule has 0 heterocycles. The summed E-state index contributed by atoms with van der Waals surface area (Å²) in [5, 5.41) is 0. The molecule has 0 N–H and O–H groups in total. The number of hydrogen-bond acceptors (Lipinski definition) is 2. The summed E-state index contributed by atoms with van der Waals surface area (Å²) in [6, 6.07) is 0. The summed E-state index contributed by atoms with van der Waals surface area (Å²) in [6.07, 6.45) is 0. The fourth-order valence-electron chi connectivity index (χ4n) is 0. The summed E-state index contributed by atoms with van der Waals surface area (Å²) in [5.74, 6) is 0. The second kappa shape index (κ2) is 29.6. The standard InChI is InChI=1S/Ag.In.2O.H. The molecule has 0 aromatic heterocycles. The van der Waals surface area contributed by atoms with Crippen molar-refractivity contribution in [3.05, 3.63) is 0 Å². The van der Waals surface area contributed by atoms with Crippen LogP contribution in [0.15, 0.2) is 0 Å². The monoisotopic (exact) mass is 255 g/mol. The van der Waals surface area contributed by atoms with Crippen LogP contribution in [0.3, 0.4) is 0 Å². The van der Waals surface area contributed by atoms with Crippen molar-refractivity contribution < 1.29 is 27.1 Å². The van der Waals surface area contributed by atoms with E-state index in [0.29, 0.717) is 0 Å². The Kier molecular flexibility index (Phi) is 66.4. The van der Waals surface area contributed by atoms with Crippen molar-refractivity contribution in [3.63, 3.8) is 0 Å². The molecule has 0 amide bonds. The van der Waals surface area contributed by atoms with Crippen LogP contribution in [0.4, 0.5) is 0 Å². The minimum absolute atomic E-state index is 0.1000. The van der Waals surface area contributed by atoms with Crippen molar-refractivity contribution in [2.24, 2.45) is 0 Å². The van der Waals surface area contributed by atoms with E-state index < -0.39 is 0 Å². The maximum absolute atomic E-state index is 8.42. The van der Waals surface area contributed by atoms with Crippen molar-refractivity contribution in [2.75, 3.05) is 0 Å². The van der Waals surface area contributed by atoms with Gasteiger partial charge in [-0.3, -0.25) is 0 Å². The first-order valence-corrected chi connectivity index (χ1v) is 2.66.